The van der Waals surface area contributed by atoms with Gasteiger partial charge in [-0.2, -0.15) is 0 Å². The second kappa shape index (κ2) is 7.55. The van der Waals surface area contributed by atoms with Crippen LogP contribution in [0, 0.1) is 11.6 Å². The van der Waals surface area contributed by atoms with E-state index in [1.807, 2.05) is 6.92 Å². The molecule has 2 N–H and O–H groups in total. The van der Waals surface area contributed by atoms with Crippen LogP contribution in [-0.2, 0) is 13.1 Å². The molecule has 7 nitrogen and oxygen atoms in total. The Morgan fingerprint density at radius 3 is 2.77 bits per heavy atom. The molecule has 3 heterocycles. The number of benzene rings is 1. The summed E-state index contributed by atoms with van der Waals surface area (Å²) in [6.45, 7) is 2.04. The number of nitrogens with one attached hydrogen (secondary N) is 1. The van der Waals surface area contributed by atoms with Crippen LogP contribution in [0.15, 0.2) is 29.2 Å². The van der Waals surface area contributed by atoms with Gasteiger partial charge in [0.2, 0.25) is 5.43 Å². The number of hydrogen-bond donors (Lipinski definition) is 2. The van der Waals surface area contributed by atoms with Crippen LogP contribution in [0.2, 0.25) is 0 Å². The normalized spacial score (nSPS) is 20.5. The Balaban J connectivity index is 1.63. The first-order valence-corrected chi connectivity index (χ1v) is 9.79. The molecule has 9 heteroatoms. The predicted molar refractivity (Wildman–Crippen MR) is 103 cm³/mol. The largest absolute Gasteiger partial charge is 0.503 e. The summed E-state index contributed by atoms with van der Waals surface area (Å²) in [5, 5.41) is 12.8. The molecule has 0 unspecified atom stereocenters. The van der Waals surface area contributed by atoms with E-state index >= 15 is 0 Å². The molecular weight excluding hydrogens is 396 g/mol. The zero-order valence-electron chi connectivity index (χ0n) is 16.3. The summed E-state index contributed by atoms with van der Waals surface area (Å²) in [6.07, 6.45) is 3.89. The van der Waals surface area contributed by atoms with Gasteiger partial charge in [0.1, 0.15) is 17.2 Å². The molecule has 1 aromatic carbocycles. The van der Waals surface area contributed by atoms with E-state index in [2.05, 4.69) is 5.32 Å². The van der Waals surface area contributed by atoms with Crippen molar-refractivity contribution < 1.29 is 23.5 Å². The molecule has 0 spiro atoms. The van der Waals surface area contributed by atoms with Crippen molar-refractivity contribution in [3.05, 3.63) is 63.1 Å². The highest BCUT2D eigenvalue weighted by Crippen LogP contribution is 2.32. The lowest BCUT2D eigenvalue weighted by Crippen LogP contribution is -2.55. The highest BCUT2D eigenvalue weighted by atomic mass is 19.1. The molecule has 4 rings (SSSR count). The standard InChI is InChI=1S/C21H21F2N3O4/c1-11-3-2-4-14-9-25-10-15(18(27)19(28)17(25)21(30)26(11)14)20(29)24-8-12-5-6-13(22)7-16(12)23/h5-7,10-11,14,28H,2-4,8-9H2,1H3,(H,24,29)/t11-,14+/m1/s1. The van der Waals surface area contributed by atoms with Gasteiger partial charge in [-0.1, -0.05) is 6.07 Å². The summed E-state index contributed by atoms with van der Waals surface area (Å²) in [5.41, 5.74) is -1.38. The summed E-state index contributed by atoms with van der Waals surface area (Å²) < 4.78 is 28.2. The van der Waals surface area contributed by atoms with E-state index in [0.29, 0.717) is 12.6 Å². The van der Waals surface area contributed by atoms with Gasteiger partial charge in [0.05, 0.1) is 6.04 Å². The Bertz CT molecular complexity index is 1100. The first-order valence-electron chi connectivity index (χ1n) is 9.79. The highest BCUT2D eigenvalue weighted by Gasteiger charge is 2.40. The van der Waals surface area contributed by atoms with Crippen molar-refractivity contribution in [1.82, 2.24) is 14.8 Å². The topological polar surface area (TPSA) is 91.6 Å². The number of aromatic hydroxyl groups is 1. The number of hydrogen-bond acceptors (Lipinski definition) is 4. The van der Waals surface area contributed by atoms with Crippen LogP contribution in [0.4, 0.5) is 8.78 Å². The first kappa shape index (κ1) is 20.1. The number of halogens is 2. The van der Waals surface area contributed by atoms with Crippen LogP contribution >= 0.6 is 0 Å². The van der Waals surface area contributed by atoms with Gasteiger partial charge in [-0.25, -0.2) is 8.78 Å². The van der Waals surface area contributed by atoms with Crippen molar-refractivity contribution in [2.75, 3.05) is 0 Å². The Morgan fingerprint density at radius 1 is 1.27 bits per heavy atom. The van der Waals surface area contributed by atoms with E-state index < -0.39 is 34.6 Å². The molecule has 0 saturated carbocycles. The summed E-state index contributed by atoms with van der Waals surface area (Å²) in [5.74, 6) is -3.57. The van der Waals surface area contributed by atoms with Crippen LogP contribution in [0.1, 0.15) is 52.6 Å². The van der Waals surface area contributed by atoms with E-state index in [1.54, 1.807) is 4.90 Å². The Labute approximate surface area is 170 Å². The van der Waals surface area contributed by atoms with E-state index in [0.717, 1.165) is 25.3 Å². The molecule has 0 radical (unpaired) electrons. The number of pyridine rings is 1. The van der Waals surface area contributed by atoms with Gasteiger partial charge in [-0.15, -0.1) is 0 Å². The van der Waals surface area contributed by atoms with Crippen LogP contribution in [0.3, 0.4) is 0 Å². The van der Waals surface area contributed by atoms with E-state index in [9.17, 15) is 28.3 Å². The van der Waals surface area contributed by atoms with Crippen molar-refractivity contribution in [2.45, 2.75) is 51.4 Å². The molecule has 1 fully saturated rings. The number of carbonyl (C=O) groups excluding carboxylic acids is 2. The highest BCUT2D eigenvalue weighted by molar-refractivity contribution is 5.99. The van der Waals surface area contributed by atoms with Crippen LogP contribution < -0.4 is 10.7 Å². The lowest BCUT2D eigenvalue weighted by atomic mass is 9.93. The molecular formula is C21H21F2N3O4. The minimum absolute atomic E-state index is 0.00748. The second-order valence-corrected chi connectivity index (χ2v) is 7.79. The molecule has 2 atom stereocenters. The van der Waals surface area contributed by atoms with Gasteiger partial charge >= 0.3 is 0 Å². The lowest BCUT2D eigenvalue weighted by molar-refractivity contribution is 0.0355. The fraction of sp³-hybridized carbons (Fsp3) is 0.381. The predicted octanol–water partition coefficient (Wildman–Crippen LogP) is 2.16. The van der Waals surface area contributed by atoms with Gasteiger partial charge in [0.15, 0.2) is 11.4 Å². The van der Waals surface area contributed by atoms with Gasteiger partial charge < -0.3 is 19.9 Å². The minimum atomic E-state index is -0.963. The van der Waals surface area contributed by atoms with Crippen molar-refractivity contribution in [3.63, 3.8) is 0 Å². The maximum atomic E-state index is 13.8. The quantitative estimate of drug-likeness (QED) is 0.801. The number of fused-ring (bicyclic) bond motifs is 2. The second-order valence-electron chi connectivity index (χ2n) is 7.79. The molecule has 30 heavy (non-hydrogen) atoms. The maximum absolute atomic E-state index is 13.8. The van der Waals surface area contributed by atoms with Crippen molar-refractivity contribution in [3.8, 4) is 5.75 Å². The van der Waals surface area contributed by atoms with Gasteiger partial charge in [0, 0.05) is 37.0 Å². The van der Waals surface area contributed by atoms with Crippen molar-refractivity contribution in [1.29, 1.82) is 0 Å². The third-order valence-electron chi connectivity index (χ3n) is 5.83. The molecule has 2 aliphatic heterocycles. The molecule has 158 valence electrons. The van der Waals surface area contributed by atoms with Crippen molar-refractivity contribution in [2.24, 2.45) is 0 Å². The number of piperidine rings is 1. The fourth-order valence-corrected chi connectivity index (χ4v) is 4.30. The number of amides is 2. The molecule has 0 aliphatic carbocycles. The van der Waals surface area contributed by atoms with Gasteiger partial charge in [0.25, 0.3) is 11.8 Å². The fourth-order valence-electron chi connectivity index (χ4n) is 4.30. The molecule has 2 aliphatic rings. The van der Waals surface area contributed by atoms with Gasteiger partial charge in [-0.3, -0.25) is 14.4 Å². The average Bonchev–Trinajstić information content (AvgIpc) is 2.69. The monoisotopic (exact) mass is 417 g/mol. The number of nitrogens with zero attached hydrogens (tertiary/aromatic N) is 2. The SMILES string of the molecule is C[C@@H]1CCC[C@H]2Cn3cc(C(=O)NCc4ccc(F)cc4F)c(=O)c(O)c3C(=O)N21. The van der Waals surface area contributed by atoms with Gasteiger partial charge in [-0.05, 0) is 32.3 Å². The summed E-state index contributed by atoms with van der Waals surface area (Å²) >= 11 is 0. The Kier molecular flexibility index (Phi) is 5.05. The van der Waals surface area contributed by atoms with E-state index in [-0.39, 0.29) is 35.4 Å². The van der Waals surface area contributed by atoms with Crippen LogP contribution in [0.5, 0.6) is 5.75 Å². The average molecular weight is 417 g/mol. The third-order valence-corrected chi connectivity index (χ3v) is 5.83. The zero-order valence-corrected chi connectivity index (χ0v) is 16.3. The summed E-state index contributed by atoms with van der Waals surface area (Å²) in [6, 6.07) is 2.89. The smallest absolute Gasteiger partial charge is 0.275 e. The Morgan fingerprint density at radius 2 is 2.03 bits per heavy atom. The molecule has 1 saturated heterocycles. The molecule has 1 aromatic heterocycles. The molecule has 2 amide bonds. The van der Waals surface area contributed by atoms with Crippen molar-refractivity contribution >= 4 is 11.8 Å². The number of carbonyl (C=O) groups is 2. The third kappa shape index (κ3) is 3.34. The van der Waals surface area contributed by atoms with Crippen LogP contribution in [-0.4, -0.2) is 38.5 Å². The molecule has 2 aromatic rings. The van der Waals surface area contributed by atoms with E-state index in [1.165, 1.54) is 16.8 Å². The number of aromatic nitrogens is 1. The molecule has 0 bridgehead atoms. The van der Waals surface area contributed by atoms with Crippen LogP contribution in [0.25, 0.3) is 0 Å². The summed E-state index contributed by atoms with van der Waals surface area (Å²) in [4.78, 5) is 39.7. The zero-order chi connectivity index (χ0) is 21.6. The Hall–Kier alpha value is -3.23. The maximum Gasteiger partial charge on any atom is 0.275 e. The first-order chi connectivity index (χ1) is 14.3. The number of rotatable bonds is 3. The minimum Gasteiger partial charge on any atom is -0.503 e. The van der Waals surface area contributed by atoms with E-state index in [4.69, 9.17) is 0 Å². The summed E-state index contributed by atoms with van der Waals surface area (Å²) in [7, 11) is 0. The lowest BCUT2D eigenvalue weighted by Gasteiger charge is -2.44.